The van der Waals surface area contributed by atoms with Crippen LogP contribution in [0.5, 0.6) is 0 Å². The van der Waals surface area contributed by atoms with Crippen LogP contribution in [0.15, 0.2) is 35.3 Å². The number of aliphatic hydroxyl groups is 1. The molecular weight excluding hydrogens is 216 g/mol. The molecule has 17 heavy (non-hydrogen) atoms. The van der Waals surface area contributed by atoms with E-state index in [2.05, 4.69) is 4.98 Å². The third-order valence-electron chi connectivity index (χ3n) is 3.47. The van der Waals surface area contributed by atoms with Crippen LogP contribution in [-0.4, -0.2) is 20.8 Å². The largest absolute Gasteiger partial charge is 0.391 e. The van der Waals surface area contributed by atoms with Crippen LogP contribution in [0.1, 0.15) is 25.3 Å². The molecule has 4 heteroatoms. The fourth-order valence-corrected chi connectivity index (χ4v) is 2.65. The van der Waals surface area contributed by atoms with E-state index in [1.165, 1.54) is 6.20 Å². The van der Waals surface area contributed by atoms with E-state index in [9.17, 15) is 9.90 Å². The molecule has 1 aromatic carbocycles. The van der Waals surface area contributed by atoms with Crippen LogP contribution in [0, 0.1) is 0 Å². The summed E-state index contributed by atoms with van der Waals surface area (Å²) in [6.07, 6.45) is 3.52. The van der Waals surface area contributed by atoms with Crippen molar-refractivity contribution in [2.45, 2.75) is 31.4 Å². The third kappa shape index (κ3) is 1.65. The maximum Gasteiger partial charge on any atom is 0.269 e. The van der Waals surface area contributed by atoms with Crippen molar-refractivity contribution in [3.05, 3.63) is 40.8 Å². The summed E-state index contributed by atoms with van der Waals surface area (Å²) in [4.78, 5) is 16.1. The van der Waals surface area contributed by atoms with Gasteiger partial charge in [0.05, 0.1) is 29.4 Å². The molecule has 1 N–H and O–H groups in total. The van der Waals surface area contributed by atoms with E-state index in [1.807, 2.05) is 24.3 Å². The van der Waals surface area contributed by atoms with Gasteiger partial charge >= 0.3 is 0 Å². The molecule has 3 rings (SSSR count). The molecular formula is C13H14N2O2. The van der Waals surface area contributed by atoms with Crippen LogP contribution in [0.3, 0.4) is 0 Å². The Bertz CT molecular complexity index is 606. The Hall–Kier alpha value is -1.68. The van der Waals surface area contributed by atoms with Crippen molar-refractivity contribution >= 4 is 11.0 Å². The van der Waals surface area contributed by atoms with Crippen LogP contribution in [0.2, 0.25) is 0 Å². The summed E-state index contributed by atoms with van der Waals surface area (Å²) in [7, 11) is 0. The SMILES string of the molecule is O=c1cnc2ccccc2n1[C@H]1CCC[C@@H]1O. The van der Waals surface area contributed by atoms with Gasteiger partial charge in [-0.1, -0.05) is 12.1 Å². The lowest BCUT2D eigenvalue weighted by molar-refractivity contribution is 0.137. The highest BCUT2D eigenvalue weighted by Gasteiger charge is 2.28. The number of rotatable bonds is 1. The van der Waals surface area contributed by atoms with Crippen LogP contribution < -0.4 is 5.56 Å². The van der Waals surface area contributed by atoms with Gasteiger partial charge in [0.1, 0.15) is 0 Å². The molecule has 0 bridgehead atoms. The van der Waals surface area contributed by atoms with Crippen molar-refractivity contribution in [2.24, 2.45) is 0 Å². The highest BCUT2D eigenvalue weighted by atomic mass is 16.3. The number of aromatic nitrogens is 2. The van der Waals surface area contributed by atoms with Gasteiger partial charge in [0.2, 0.25) is 0 Å². The average molecular weight is 230 g/mol. The Morgan fingerprint density at radius 1 is 1.29 bits per heavy atom. The van der Waals surface area contributed by atoms with Crippen molar-refractivity contribution in [3.8, 4) is 0 Å². The molecule has 0 unspecified atom stereocenters. The van der Waals surface area contributed by atoms with Crippen molar-refractivity contribution in [3.63, 3.8) is 0 Å². The van der Waals surface area contributed by atoms with E-state index in [4.69, 9.17) is 0 Å². The van der Waals surface area contributed by atoms with E-state index < -0.39 is 6.10 Å². The molecule has 1 aliphatic rings. The van der Waals surface area contributed by atoms with Gasteiger partial charge < -0.3 is 5.11 Å². The van der Waals surface area contributed by atoms with Crippen LogP contribution in [-0.2, 0) is 0 Å². The smallest absolute Gasteiger partial charge is 0.269 e. The second-order valence-corrected chi connectivity index (χ2v) is 4.52. The number of nitrogens with zero attached hydrogens (tertiary/aromatic N) is 2. The molecule has 1 saturated carbocycles. The first kappa shape index (κ1) is 10.5. The first-order chi connectivity index (χ1) is 8.27. The number of benzene rings is 1. The molecule has 0 radical (unpaired) electrons. The number of hydrogen-bond acceptors (Lipinski definition) is 3. The molecule has 1 heterocycles. The number of hydrogen-bond donors (Lipinski definition) is 1. The molecule has 4 nitrogen and oxygen atoms in total. The van der Waals surface area contributed by atoms with E-state index in [0.717, 1.165) is 30.3 Å². The Kier molecular flexibility index (Phi) is 2.44. The highest BCUT2D eigenvalue weighted by Crippen LogP contribution is 2.30. The maximum atomic E-state index is 12.0. The second kappa shape index (κ2) is 3.96. The van der Waals surface area contributed by atoms with Gasteiger partial charge in [0.15, 0.2) is 0 Å². The van der Waals surface area contributed by atoms with Crippen molar-refractivity contribution in [1.29, 1.82) is 0 Å². The van der Waals surface area contributed by atoms with Gasteiger partial charge in [-0.15, -0.1) is 0 Å². The molecule has 0 saturated heterocycles. The Labute approximate surface area is 98.5 Å². The minimum absolute atomic E-state index is 0.101. The lowest BCUT2D eigenvalue weighted by Crippen LogP contribution is -2.29. The van der Waals surface area contributed by atoms with Crippen molar-refractivity contribution in [2.75, 3.05) is 0 Å². The molecule has 1 fully saturated rings. The molecule has 1 aromatic heterocycles. The normalized spacial score (nSPS) is 24.3. The fraction of sp³-hybridized carbons (Fsp3) is 0.385. The van der Waals surface area contributed by atoms with Crippen molar-refractivity contribution in [1.82, 2.24) is 9.55 Å². The summed E-state index contributed by atoms with van der Waals surface area (Å²) in [6, 6.07) is 7.45. The number of aliphatic hydroxyl groups excluding tert-OH is 1. The molecule has 88 valence electrons. The first-order valence-electron chi connectivity index (χ1n) is 5.92. The maximum absolute atomic E-state index is 12.0. The van der Waals surface area contributed by atoms with Gasteiger partial charge in [-0.25, -0.2) is 4.98 Å². The fourth-order valence-electron chi connectivity index (χ4n) is 2.65. The molecule has 0 aliphatic heterocycles. The van der Waals surface area contributed by atoms with Gasteiger partial charge in [-0.05, 0) is 31.4 Å². The predicted molar refractivity (Wildman–Crippen MR) is 64.9 cm³/mol. The van der Waals surface area contributed by atoms with Gasteiger partial charge in [-0.3, -0.25) is 9.36 Å². The zero-order valence-electron chi connectivity index (χ0n) is 9.41. The topological polar surface area (TPSA) is 55.1 Å². The molecule has 1 aliphatic carbocycles. The predicted octanol–water partition coefficient (Wildman–Crippen LogP) is 1.48. The van der Waals surface area contributed by atoms with Crippen LogP contribution >= 0.6 is 0 Å². The van der Waals surface area contributed by atoms with E-state index in [1.54, 1.807) is 4.57 Å². The third-order valence-corrected chi connectivity index (χ3v) is 3.47. The van der Waals surface area contributed by atoms with Crippen LogP contribution in [0.4, 0.5) is 0 Å². The summed E-state index contributed by atoms with van der Waals surface area (Å²) in [5.41, 5.74) is 1.48. The Morgan fingerprint density at radius 2 is 2.12 bits per heavy atom. The van der Waals surface area contributed by atoms with Crippen LogP contribution in [0.25, 0.3) is 11.0 Å². The number of fused-ring (bicyclic) bond motifs is 1. The van der Waals surface area contributed by atoms with Gasteiger partial charge in [0, 0.05) is 0 Å². The van der Waals surface area contributed by atoms with E-state index >= 15 is 0 Å². The van der Waals surface area contributed by atoms with Gasteiger partial charge in [0.25, 0.3) is 5.56 Å². The quantitative estimate of drug-likeness (QED) is 0.807. The summed E-state index contributed by atoms with van der Waals surface area (Å²) >= 11 is 0. The Balaban J connectivity index is 2.26. The second-order valence-electron chi connectivity index (χ2n) is 4.52. The average Bonchev–Trinajstić information content (AvgIpc) is 2.75. The van der Waals surface area contributed by atoms with Gasteiger partial charge in [-0.2, -0.15) is 0 Å². The number of para-hydroxylation sites is 2. The Morgan fingerprint density at radius 3 is 2.88 bits per heavy atom. The zero-order valence-corrected chi connectivity index (χ0v) is 9.41. The van der Waals surface area contributed by atoms with E-state index in [-0.39, 0.29) is 11.6 Å². The first-order valence-corrected chi connectivity index (χ1v) is 5.92. The molecule has 0 spiro atoms. The minimum atomic E-state index is -0.418. The lowest BCUT2D eigenvalue weighted by atomic mass is 10.2. The summed E-state index contributed by atoms with van der Waals surface area (Å²) < 4.78 is 1.69. The monoisotopic (exact) mass is 230 g/mol. The van der Waals surface area contributed by atoms with E-state index in [0.29, 0.717) is 0 Å². The summed E-state index contributed by atoms with van der Waals surface area (Å²) in [5, 5.41) is 9.95. The molecule has 2 atom stereocenters. The minimum Gasteiger partial charge on any atom is -0.391 e. The standard InChI is InChI=1S/C13H14N2O2/c16-12-7-3-6-11(12)15-10-5-2-1-4-9(10)14-8-13(15)17/h1-2,4-5,8,11-12,16H,3,6-7H2/t11-,12-/m0/s1. The zero-order chi connectivity index (χ0) is 11.8. The highest BCUT2D eigenvalue weighted by molar-refractivity contribution is 5.74. The summed E-state index contributed by atoms with van der Waals surface area (Å²) in [5.74, 6) is 0. The summed E-state index contributed by atoms with van der Waals surface area (Å²) in [6.45, 7) is 0. The molecule has 0 amide bonds. The van der Waals surface area contributed by atoms with Crippen molar-refractivity contribution < 1.29 is 5.11 Å². The lowest BCUT2D eigenvalue weighted by Gasteiger charge is -2.19. The molecule has 2 aromatic rings.